The van der Waals surface area contributed by atoms with E-state index in [1.54, 1.807) is 12.1 Å². The summed E-state index contributed by atoms with van der Waals surface area (Å²) >= 11 is 0. The predicted octanol–water partition coefficient (Wildman–Crippen LogP) is 1.96. The molecule has 8 nitrogen and oxygen atoms in total. The molecule has 0 spiro atoms. The summed E-state index contributed by atoms with van der Waals surface area (Å²) in [6.45, 7) is 4.57. The monoisotopic (exact) mass is 350 g/mol. The van der Waals surface area contributed by atoms with Gasteiger partial charge in [0, 0.05) is 11.1 Å². The van der Waals surface area contributed by atoms with E-state index < -0.39 is 17.7 Å². The fourth-order valence-corrected chi connectivity index (χ4v) is 1.39. The van der Waals surface area contributed by atoms with Crippen LogP contribution in [0.3, 0.4) is 0 Å². The maximum absolute atomic E-state index is 11.8. The Hall–Kier alpha value is -3.13. The molecule has 8 heteroatoms. The van der Waals surface area contributed by atoms with Crippen LogP contribution in [0.15, 0.2) is 48.9 Å². The molecule has 0 N–H and O–H groups in total. The van der Waals surface area contributed by atoms with Crippen molar-refractivity contribution in [1.29, 1.82) is 0 Å². The maximum Gasteiger partial charge on any atom is 0.379 e. The van der Waals surface area contributed by atoms with Gasteiger partial charge in [-0.2, -0.15) is 4.89 Å². The Morgan fingerprint density at radius 1 is 1.04 bits per heavy atom. The topological polar surface area (TPSA) is 97.4 Å². The first-order valence-corrected chi connectivity index (χ1v) is 7.11. The first-order chi connectivity index (χ1) is 12.0. The normalized spacial score (nSPS) is 10.2. The standard InChI is InChI=1S/C17H18O8/c1-12(2)16(19)22-8-10-24-25-11-9-23-17(20)15(18)13-4-6-14(21-3)7-5-13/h4-8,10H,1,9,11H2,2-3H3. The summed E-state index contributed by atoms with van der Waals surface area (Å²) in [6.07, 6.45) is 1.95. The minimum Gasteiger partial charge on any atom is -0.497 e. The highest BCUT2D eigenvalue weighted by atomic mass is 17.2. The molecule has 0 heterocycles. The summed E-state index contributed by atoms with van der Waals surface area (Å²) in [6, 6.07) is 6.03. The molecule has 0 saturated carbocycles. The van der Waals surface area contributed by atoms with Crippen molar-refractivity contribution in [3.63, 3.8) is 0 Å². The summed E-state index contributed by atoms with van der Waals surface area (Å²) in [5.74, 6) is -1.84. The molecule has 134 valence electrons. The zero-order valence-corrected chi connectivity index (χ0v) is 13.9. The van der Waals surface area contributed by atoms with Crippen molar-refractivity contribution in [3.05, 3.63) is 54.5 Å². The van der Waals surface area contributed by atoms with E-state index in [4.69, 9.17) is 9.47 Å². The molecule has 0 atom stereocenters. The second-order valence-corrected chi connectivity index (χ2v) is 4.57. The highest BCUT2D eigenvalue weighted by Crippen LogP contribution is 2.12. The van der Waals surface area contributed by atoms with Gasteiger partial charge in [0.1, 0.15) is 25.2 Å². The summed E-state index contributed by atoms with van der Waals surface area (Å²) in [5.41, 5.74) is 0.421. The number of carbonyl (C=O) groups excluding carboxylic acids is 3. The van der Waals surface area contributed by atoms with Gasteiger partial charge in [0.2, 0.25) is 0 Å². The molecule has 0 unspecified atom stereocenters. The van der Waals surface area contributed by atoms with Gasteiger partial charge in [-0.15, -0.1) is 0 Å². The third kappa shape index (κ3) is 7.32. The number of benzene rings is 1. The molecule has 0 bridgehead atoms. The smallest absolute Gasteiger partial charge is 0.379 e. The lowest BCUT2D eigenvalue weighted by Gasteiger charge is -2.05. The number of hydrogen-bond donors (Lipinski definition) is 0. The zero-order chi connectivity index (χ0) is 18.7. The first-order valence-electron chi connectivity index (χ1n) is 7.11. The van der Waals surface area contributed by atoms with Crippen LogP contribution in [0.1, 0.15) is 17.3 Å². The van der Waals surface area contributed by atoms with Crippen LogP contribution in [-0.4, -0.2) is 38.0 Å². The Bertz CT molecular complexity index is 645. The van der Waals surface area contributed by atoms with Gasteiger partial charge in [0.15, 0.2) is 6.26 Å². The Labute approximate surface area is 144 Å². The third-order valence-electron chi connectivity index (χ3n) is 2.64. The maximum atomic E-state index is 11.8. The number of ketones is 1. The lowest BCUT2D eigenvalue weighted by Crippen LogP contribution is -2.19. The number of ether oxygens (including phenoxy) is 3. The second-order valence-electron chi connectivity index (χ2n) is 4.57. The lowest BCUT2D eigenvalue weighted by atomic mass is 10.1. The van der Waals surface area contributed by atoms with Crippen LogP contribution < -0.4 is 4.74 Å². The van der Waals surface area contributed by atoms with Crippen LogP contribution in [0.5, 0.6) is 5.75 Å². The molecule has 0 aromatic heterocycles. The minimum absolute atomic E-state index is 0.125. The van der Waals surface area contributed by atoms with Crippen molar-refractivity contribution in [3.8, 4) is 5.75 Å². The van der Waals surface area contributed by atoms with E-state index in [1.807, 2.05) is 0 Å². The molecular formula is C17H18O8. The quantitative estimate of drug-likeness (QED) is 0.0923. The molecule has 0 fully saturated rings. The van der Waals surface area contributed by atoms with E-state index in [9.17, 15) is 14.4 Å². The van der Waals surface area contributed by atoms with E-state index >= 15 is 0 Å². The number of methoxy groups -OCH3 is 1. The number of carbonyl (C=O) groups is 3. The van der Waals surface area contributed by atoms with E-state index in [2.05, 4.69) is 21.1 Å². The van der Waals surface area contributed by atoms with Crippen LogP contribution in [0.25, 0.3) is 0 Å². The predicted molar refractivity (Wildman–Crippen MR) is 85.4 cm³/mol. The summed E-state index contributed by atoms with van der Waals surface area (Å²) < 4.78 is 14.3. The molecule has 25 heavy (non-hydrogen) atoms. The first kappa shape index (κ1) is 19.9. The van der Waals surface area contributed by atoms with Crippen molar-refractivity contribution >= 4 is 17.7 Å². The third-order valence-corrected chi connectivity index (χ3v) is 2.64. The molecule has 1 aromatic carbocycles. The average molecular weight is 350 g/mol. The molecule has 0 saturated heterocycles. The van der Waals surface area contributed by atoms with Gasteiger partial charge in [-0.3, -0.25) is 4.79 Å². The lowest BCUT2D eigenvalue weighted by molar-refractivity contribution is -0.255. The number of rotatable bonds is 10. The fourth-order valence-electron chi connectivity index (χ4n) is 1.39. The number of Topliss-reactive ketones (excluding diaryl/α,β-unsaturated/α-hetero) is 1. The largest absolute Gasteiger partial charge is 0.497 e. The van der Waals surface area contributed by atoms with Gasteiger partial charge < -0.3 is 19.1 Å². The number of hydrogen-bond acceptors (Lipinski definition) is 8. The summed E-state index contributed by atoms with van der Waals surface area (Å²) in [7, 11) is 1.49. The van der Waals surface area contributed by atoms with Crippen LogP contribution in [-0.2, 0) is 28.8 Å². The molecule has 0 amide bonds. The van der Waals surface area contributed by atoms with Crippen LogP contribution >= 0.6 is 0 Å². The van der Waals surface area contributed by atoms with Gasteiger partial charge in [-0.25, -0.2) is 9.59 Å². The van der Waals surface area contributed by atoms with Crippen molar-refractivity contribution in [2.45, 2.75) is 6.92 Å². The van der Waals surface area contributed by atoms with Crippen molar-refractivity contribution < 1.29 is 38.4 Å². The van der Waals surface area contributed by atoms with Crippen LogP contribution in [0, 0.1) is 0 Å². The van der Waals surface area contributed by atoms with Gasteiger partial charge in [-0.05, 0) is 31.2 Å². The molecular weight excluding hydrogens is 332 g/mol. The molecule has 0 aliphatic carbocycles. The average Bonchev–Trinajstić information content (AvgIpc) is 2.62. The molecule has 0 radical (unpaired) electrons. The molecule has 0 aliphatic rings. The van der Waals surface area contributed by atoms with E-state index in [1.165, 1.54) is 26.2 Å². The van der Waals surface area contributed by atoms with Crippen LogP contribution in [0.2, 0.25) is 0 Å². The van der Waals surface area contributed by atoms with Crippen molar-refractivity contribution in [1.82, 2.24) is 0 Å². The highest BCUT2D eigenvalue weighted by molar-refractivity contribution is 6.40. The SMILES string of the molecule is C=C(C)C(=O)OC=COOCCOC(=O)C(=O)c1ccc(OC)cc1. The van der Waals surface area contributed by atoms with Crippen molar-refractivity contribution in [2.24, 2.45) is 0 Å². The Balaban J connectivity index is 2.21. The second kappa shape index (κ2) is 10.6. The molecule has 1 aromatic rings. The molecule has 1 rings (SSSR count). The Morgan fingerprint density at radius 3 is 2.32 bits per heavy atom. The van der Waals surface area contributed by atoms with E-state index in [0.29, 0.717) is 5.75 Å². The van der Waals surface area contributed by atoms with Crippen LogP contribution in [0.4, 0.5) is 0 Å². The van der Waals surface area contributed by atoms with Gasteiger partial charge in [0.25, 0.3) is 5.78 Å². The van der Waals surface area contributed by atoms with Crippen molar-refractivity contribution in [2.75, 3.05) is 20.3 Å². The zero-order valence-electron chi connectivity index (χ0n) is 13.9. The van der Waals surface area contributed by atoms with Gasteiger partial charge in [-0.1, -0.05) is 6.58 Å². The van der Waals surface area contributed by atoms with Gasteiger partial charge >= 0.3 is 11.9 Å². The number of esters is 2. The highest BCUT2D eigenvalue weighted by Gasteiger charge is 2.17. The van der Waals surface area contributed by atoms with Gasteiger partial charge in [0.05, 0.1) is 7.11 Å². The Morgan fingerprint density at radius 2 is 1.72 bits per heavy atom. The summed E-state index contributed by atoms with van der Waals surface area (Å²) in [4.78, 5) is 43.6. The fraction of sp³-hybridized carbons (Fsp3) is 0.235. The van der Waals surface area contributed by atoms with E-state index in [-0.39, 0.29) is 24.4 Å². The summed E-state index contributed by atoms with van der Waals surface area (Å²) in [5, 5.41) is 0. The molecule has 0 aliphatic heterocycles. The van der Waals surface area contributed by atoms with E-state index in [0.717, 1.165) is 12.5 Å². The minimum atomic E-state index is -1.01. The Kier molecular flexibility index (Phi) is 8.45.